The van der Waals surface area contributed by atoms with Gasteiger partial charge >= 0.3 is 5.97 Å². The van der Waals surface area contributed by atoms with Gasteiger partial charge in [0.05, 0.1) is 30.0 Å². The van der Waals surface area contributed by atoms with E-state index in [1.54, 1.807) is 23.8 Å². The van der Waals surface area contributed by atoms with Gasteiger partial charge < -0.3 is 4.74 Å². The highest BCUT2D eigenvalue weighted by atomic mass is 16.5. The van der Waals surface area contributed by atoms with Crippen molar-refractivity contribution < 1.29 is 9.53 Å². The van der Waals surface area contributed by atoms with E-state index < -0.39 is 5.97 Å². The van der Waals surface area contributed by atoms with Gasteiger partial charge in [0, 0.05) is 5.39 Å². The molecule has 3 aromatic rings. The predicted octanol–water partition coefficient (Wildman–Crippen LogP) is 2.06. The van der Waals surface area contributed by atoms with Gasteiger partial charge in [-0.3, -0.25) is 0 Å². The summed E-state index contributed by atoms with van der Waals surface area (Å²) in [5.41, 5.74) is 2.01. The number of hydrogen-bond donors (Lipinski definition) is 0. The number of ether oxygens (including phenoxy) is 1. The number of rotatable bonds is 2. The summed E-state index contributed by atoms with van der Waals surface area (Å²) >= 11 is 0. The molecule has 0 spiro atoms. The Labute approximate surface area is 103 Å². The minimum atomic E-state index is -0.432. The van der Waals surface area contributed by atoms with E-state index in [2.05, 4.69) is 10.1 Å². The number of carbonyl (C=O) groups excluding carboxylic acids is 1. The van der Waals surface area contributed by atoms with Gasteiger partial charge in [0.1, 0.15) is 0 Å². The zero-order valence-corrected chi connectivity index (χ0v) is 9.83. The monoisotopic (exact) mass is 241 g/mol. The molecule has 18 heavy (non-hydrogen) atoms. The van der Waals surface area contributed by atoms with Crippen LogP contribution in [-0.4, -0.2) is 27.2 Å². The van der Waals surface area contributed by atoms with Crippen molar-refractivity contribution in [2.45, 2.75) is 6.92 Å². The van der Waals surface area contributed by atoms with Crippen LogP contribution in [0.4, 0.5) is 0 Å². The highest BCUT2D eigenvalue weighted by Gasteiger charge is 2.11. The van der Waals surface area contributed by atoms with Crippen LogP contribution in [0, 0.1) is 0 Å². The standard InChI is InChI=1S/C13H11N3O2/c1-2-18-13(17)11-8-16-12(7-14-11)9-5-3-4-6-10(9)15-16/h3-8H,2H2,1H3. The second kappa shape index (κ2) is 4.10. The normalized spacial score (nSPS) is 10.9. The summed E-state index contributed by atoms with van der Waals surface area (Å²) in [4.78, 5) is 15.7. The molecule has 0 aliphatic rings. The van der Waals surface area contributed by atoms with Gasteiger partial charge in [-0.05, 0) is 13.0 Å². The third kappa shape index (κ3) is 1.60. The molecule has 90 valence electrons. The average molecular weight is 241 g/mol. The van der Waals surface area contributed by atoms with Crippen molar-refractivity contribution in [3.05, 3.63) is 42.4 Å². The van der Waals surface area contributed by atoms with Gasteiger partial charge in [-0.25, -0.2) is 14.3 Å². The molecule has 0 radical (unpaired) electrons. The largest absolute Gasteiger partial charge is 0.461 e. The lowest BCUT2D eigenvalue weighted by Crippen LogP contribution is -2.08. The maximum absolute atomic E-state index is 11.6. The van der Waals surface area contributed by atoms with Crippen molar-refractivity contribution in [1.82, 2.24) is 14.6 Å². The van der Waals surface area contributed by atoms with E-state index in [1.165, 1.54) is 0 Å². The van der Waals surface area contributed by atoms with Gasteiger partial charge in [-0.15, -0.1) is 0 Å². The van der Waals surface area contributed by atoms with Crippen LogP contribution in [-0.2, 0) is 4.74 Å². The van der Waals surface area contributed by atoms with Crippen LogP contribution >= 0.6 is 0 Å². The molecule has 0 aliphatic carbocycles. The molecule has 0 N–H and O–H groups in total. The minimum absolute atomic E-state index is 0.261. The molecule has 0 amide bonds. The second-order valence-corrected chi connectivity index (χ2v) is 3.84. The van der Waals surface area contributed by atoms with E-state index >= 15 is 0 Å². The topological polar surface area (TPSA) is 56.5 Å². The first-order valence-electron chi connectivity index (χ1n) is 5.70. The zero-order valence-electron chi connectivity index (χ0n) is 9.83. The van der Waals surface area contributed by atoms with Gasteiger partial charge in [0.25, 0.3) is 0 Å². The fourth-order valence-electron chi connectivity index (χ4n) is 1.89. The highest BCUT2D eigenvalue weighted by molar-refractivity contribution is 5.94. The van der Waals surface area contributed by atoms with E-state index in [1.807, 2.05) is 24.3 Å². The summed E-state index contributed by atoms with van der Waals surface area (Å²) in [5, 5.41) is 5.40. The van der Waals surface area contributed by atoms with Crippen LogP contribution < -0.4 is 0 Å². The van der Waals surface area contributed by atoms with Gasteiger partial charge in [-0.1, -0.05) is 18.2 Å². The molecule has 0 saturated carbocycles. The maximum atomic E-state index is 11.6. The van der Waals surface area contributed by atoms with Crippen molar-refractivity contribution in [3.63, 3.8) is 0 Å². The lowest BCUT2D eigenvalue weighted by molar-refractivity contribution is 0.0518. The Hall–Kier alpha value is -2.43. The Morgan fingerprint density at radius 1 is 1.39 bits per heavy atom. The molecule has 0 unspecified atom stereocenters. The van der Waals surface area contributed by atoms with E-state index in [0.717, 1.165) is 16.4 Å². The molecule has 0 fully saturated rings. The summed E-state index contributed by atoms with van der Waals surface area (Å²) in [6, 6.07) is 7.77. The number of carbonyl (C=O) groups is 1. The molecule has 0 bridgehead atoms. The molecule has 3 rings (SSSR count). The summed E-state index contributed by atoms with van der Waals surface area (Å²) in [7, 11) is 0. The fourth-order valence-corrected chi connectivity index (χ4v) is 1.89. The Balaban J connectivity index is 2.18. The predicted molar refractivity (Wildman–Crippen MR) is 66.4 cm³/mol. The summed E-state index contributed by atoms with van der Waals surface area (Å²) < 4.78 is 6.57. The first kappa shape index (κ1) is 10.7. The van der Waals surface area contributed by atoms with E-state index in [9.17, 15) is 4.79 Å². The first-order chi connectivity index (χ1) is 8.79. The van der Waals surface area contributed by atoms with Crippen LogP contribution in [0.25, 0.3) is 16.4 Å². The van der Waals surface area contributed by atoms with Crippen LogP contribution in [0.3, 0.4) is 0 Å². The van der Waals surface area contributed by atoms with Crippen LogP contribution in [0.5, 0.6) is 0 Å². The molecule has 0 aliphatic heterocycles. The molecule has 0 saturated heterocycles. The maximum Gasteiger partial charge on any atom is 0.358 e. The smallest absolute Gasteiger partial charge is 0.358 e. The lowest BCUT2D eigenvalue weighted by atomic mass is 10.2. The fraction of sp³-hybridized carbons (Fsp3) is 0.154. The van der Waals surface area contributed by atoms with E-state index in [-0.39, 0.29) is 5.69 Å². The molecular formula is C13H11N3O2. The zero-order chi connectivity index (χ0) is 12.5. The Bertz CT molecular complexity index is 733. The highest BCUT2D eigenvalue weighted by Crippen LogP contribution is 2.18. The van der Waals surface area contributed by atoms with Gasteiger partial charge in [0.15, 0.2) is 5.69 Å². The van der Waals surface area contributed by atoms with Crippen LogP contribution in [0.15, 0.2) is 36.7 Å². The third-order valence-electron chi connectivity index (χ3n) is 2.70. The number of esters is 1. The molecule has 1 aromatic carbocycles. The first-order valence-corrected chi connectivity index (χ1v) is 5.70. The number of benzene rings is 1. The van der Waals surface area contributed by atoms with Gasteiger partial charge in [0.2, 0.25) is 0 Å². The third-order valence-corrected chi connectivity index (χ3v) is 2.70. The Morgan fingerprint density at radius 3 is 3.06 bits per heavy atom. The second-order valence-electron chi connectivity index (χ2n) is 3.84. The lowest BCUT2D eigenvalue weighted by Gasteiger charge is -2.00. The van der Waals surface area contributed by atoms with Crippen molar-refractivity contribution in [2.24, 2.45) is 0 Å². The molecule has 2 aromatic heterocycles. The number of aromatic nitrogens is 3. The Kier molecular flexibility index (Phi) is 2.44. The quantitative estimate of drug-likeness (QED) is 0.644. The molecule has 5 heteroatoms. The molecule has 0 atom stereocenters. The summed E-state index contributed by atoms with van der Waals surface area (Å²) in [6.45, 7) is 2.10. The van der Waals surface area contributed by atoms with Crippen LogP contribution in [0.2, 0.25) is 0 Å². The van der Waals surface area contributed by atoms with Crippen molar-refractivity contribution in [1.29, 1.82) is 0 Å². The molecule has 2 heterocycles. The van der Waals surface area contributed by atoms with Gasteiger partial charge in [-0.2, -0.15) is 5.10 Å². The van der Waals surface area contributed by atoms with Crippen molar-refractivity contribution in [3.8, 4) is 0 Å². The van der Waals surface area contributed by atoms with Crippen molar-refractivity contribution in [2.75, 3.05) is 6.61 Å². The number of nitrogens with zero attached hydrogens (tertiary/aromatic N) is 3. The van der Waals surface area contributed by atoms with E-state index in [4.69, 9.17) is 4.74 Å². The van der Waals surface area contributed by atoms with Crippen LogP contribution in [0.1, 0.15) is 17.4 Å². The molecular weight excluding hydrogens is 230 g/mol. The minimum Gasteiger partial charge on any atom is -0.461 e. The van der Waals surface area contributed by atoms with E-state index in [0.29, 0.717) is 6.61 Å². The number of hydrogen-bond acceptors (Lipinski definition) is 4. The Morgan fingerprint density at radius 2 is 2.22 bits per heavy atom. The SMILES string of the molecule is CCOC(=O)c1cn2nc3ccccc3c2cn1. The van der Waals surface area contributed by atoms with Crippen molar-refractivity contribution >= 4 is 22.4 Å². The average Bonchev–Trinajstić information content (AvgIpc) is 2.76. The molecule has 5 nitrogen and oxygen atoms in total. The number of fused-ring (bicyclic) bond motifs is 3. The summed E-state index contributed by atoms with van der Waals surface area (Å²) in [5.74, 6) is -0.432. The summed E-state index contributed by atoms with van der Waals surface area (Å²) in [6.07, 6.45) is 3.23.